The van der Waals surface area contributed by atoms with Crippen molar-refractivity contribution in [2.75, 3.05) is 13.2 Å². The minimum Gasteiger partial charge on any atom is -0.494 e. The molecular formula is C14H19NO4. The van der Waals surface area contributed by atoms with Crippen molar-refractivity contribution >= 4 is 11.8 Å². The van der Waals surface area contributed by atoms with E-state index in [1.165, 1.54) is 6.92 Å². The molecule has 0 saturated carbocycles. The summed E-state index contributed by atoms with van der Waals surface area (Å²) in [6, 6.07) is 5.28. The first-order valence-electron chi connectivity index (χ1n) is 6.23. The van der Waals surface area contributed by atoms with Crippen LogP contribution in [0.15, 0.2) is 18.2 Å². The van der Waals surface area contributed by atoms with E-state index in [0.717, 1.165) is 11.3 Å². The second-order valence-corrected chi connectivity index (χ2v) is 4.13. The summed E-state index contributed by atoms with van der Waals surface area (Å²) in [6.07, 6.45) is 0.0658. The number of carbonyl (C=O) groups excluding carboxylic acids is 1. The second kappa shape index (κ2) is 7.53. The van der Waals surface area contributed by atoms with Crippen LogP contribution in [0.3, 0.4) is 0 Å². The fourth-order valence-corrected chi connectivity index (χ4v) is 1.65. The molecule has 0 spiro atoms. The monoisotopic (exact) mass is 265 g/mol. The van der Waals surface area contributed by atoms with Crippen molar-refractivity contribution in [1.29, 1.82) is 0 Å². The molecule has 0 fully saturated rings. The van der Waals surface area contributed by atoms with Gasteiger partial charge in [-0.2, -0.15) is 0 Å². The van der Waals surface area contributed by atoms with Gasteiger partial charge in [0.2, 0.25) is 0 Å². The third kappa shape index (κ3) is 5.09. The molecule has 0 aliphatic carbocycles. The topological polar surface area (TPSA) is 75.6 Å². The van der Waals surface area contributed by atoms with Gasteiger partial charge < -0.3 is 15.2 Å². The summed E-state index contributed by atoms with van der Waals surface area (Å²) < 4.78 is 5.48. The van der Waals surface area contributed by atoms with Gasteiger partial charge in [0.25, 0.3) is 0 Å². The van der Waals surface area contributed by atoms with Crippen LogP contribution in [-0.4, -0.2) is 30.0 Å². The van der Waals surface area contributed by atoms with Crippen molar-refractivity contribution in [3.05, 3.63) is 29.3 Å². The number of aliphatic carboxylic acids is 1. The van der Waals surface area contributed by atoms with E-state index in [4.69, 9.17) is 9.84 Å². The van der Waals surface area contributed by atoms with Gasteiger partial charge in [0.05, 0.1) is 13.0 Å². The van der Waals surface area contributed by atoms with Crippen LogP contribution in [0, 0.1) is 0 Å². The standard InChI is InChI=1S/C14H19NO4/c1-3-19-13-5-4-11(10(2)16)8-12(13)9-15-7-6-14(17)18/h4-5,8,15H,3,6-7,9H2,1-2H3,(H,17,18). The maximum absolute atomic E-state index is 11.3. The number of Topliss-reactive ketones (excluding diaryl/α,β-unsaturated/α-hetero) is 1. The number of benzene rings is 1. The number of carboxylic acid groups (broad SMARTS) is 1. The summed E-state index contributed by atoms with van der Waals surface area (Å²) in [5.41, 5.74) is 1.48. The van der Waals surface area contributed by atoms with Gasteiger partial charge in [-0.25, -0.2) is 0 Å². The number of hydrogen-bond donors (Lipinski definition) is 2. The van der Waals surface area contributed by atoms with Crippen LogP contribution in [0.2, 0.25) is 0 Å². The molecule has 0 bridgehead atoms. The Kier molecular flexibility index (Phi) is 6.02. The van der Waals surface area contributed by atoms with E-state index in [-0.39, 0.29) is 12.2 Å². The molecule has 0 amide bonds. The van der Waals surface area contributed by atoms with Crippen molar-refractivity contribution in [1.82, 2.24) is 5.32 Å². The van der Waals surface area contributed by atoms with Crippen molar-refractivity contribution in [2.45, 2.75) is 26.8 Å². The van der Waals surface area contributed by atoms with Gasteiger partial charge >= 0.3 is 5.97 Å². The minimum atomic E-state index is -0.838. The predicted octanol–water partition coefficient (Wildman–Crippen LogP) is 1.85. The zero-order valence-corrected chi connectivity index (χ0v) is 11.2. The van der Waals surface area contributed by atoms with Crippen LogP contribution >= 0.6 is 0 Å². The maximum Gasteiger partial charge on any atom is 0.304 e. The first kappa shape index (κ1) is 15.2. The Morgan fingerprint density at radius 3 is 2.68 bits per heavy atom. The quantitative estimate of drug-likeness (QED) is 0.554. The highest BCUT2D eigenvalue weighted by atomic mass is 16.5. The molecule has 0 atom stereocenters. The first-order chi connectivity index (χ1) is 9.04. The lowest BCUT2D eigenvalue weighted by atomic mass is 10.1. The lowest BCUT2D eigenvalue weighted by molar-refractivity contribution is -0.136. The Bertz CT molecular complexity index is 457. The molecule has 0 heterocycles. The third-order valence-electron chi connectivity index (χ3n) is 2.60. The molecule has 0 saturated heterocycles. The van der Waals surface area contributed by atoms with Crippen LogP contribution in [0.25, 0.3) is 0 Å². The van der Waals surface area contributed by atoms with Crippen LogP contribution in [0.1, 0.15) is 36.2 Å². The van der Waals surface area contributed by atoms with E-state index in [2.05, 4.69) is 5.32 Å². The van der Waals surface area contributed by atoms with E-state index in [1.807, 2.05) is 6.92 Å². The minimum absolute atomic E-state index is 0.00478. The number of carboxylic acids is 1. The molecule has 1 rings (SSSR count). The predicted molar refractivity (Wildman–Crippen MR) is 71.6 cm³/mol. The van der Waals surface area contributed by atoms with Gasteiger partial charge in [0, 0.05) is 24.2 Å². The number of ketones is 1. The van der Waals surface area contributed by atoms with E-state index >= 15 is 0 Å². The number of rotatable bonds is 8. The molecule has 0 aromatic heterocycles. The Labute approximate surface area is 112 Å². The molecular weight excluding hydrogens is 246 g/mol. The largest absolute Gasteiger partial charge is 0.494 e. The number of ether oxygens (including phenoxy) is 1. The lowest BCUT2D eigenvalue weighted by Crippen LogP contribution is -2.18. The average Bonchev–Trinajstić information content (AvgIpc) is 2.36. The highest BCUT2D eigenvalue weighted by Gasteiger charge is 2.07. The van der Waals surface area contributed by atoms with Gasteiger partial charge in [0.15, 0.2) is 5.78 Å². The lowest BCUT2D eigenvalue weighted by Gasteiger charge is -2.12. The number of nitrogens with one attached hydrogen (secondary N) is 1. The molecule has 0 aliphatic heterocycles. The highest BCUT2D eigenvalue weighted by Crippen LogP contribution is 2.20. The molecule has 0 unspecified atom stereocenters. The maximum atomic E-state index is 11.3. The third-order valence-corrected chi connectivity index (χ3v) is 2.60. The summed E-state index contributed by atoms with van der Waals surface area (Å²) in [6.45, 7) is 4.80. The average molecular weight is 265 g/mol. The van der Waals surface area contributed by atoms with Crippen LogP contribution in [0.4, 0.5) is 0 Å². The fraction of sp³-hybridized carbons (Fsp3) is 0.429. The van der Waals surface area contributed by atoms with Crippen LogP contribution in [-0.2, 0) is 11.3 Å². The Balaban J connectivity index is 2.73. The molecule has 19 heavy (non-hydrogen) atoms. The van der Waals surface area contributed by atoms with Gasteiger partial charge in [0.1, 0.15) is 5.75 Å². The van der Waals surface area contributed by atoms with E-state index in [9.17, 15) is 9.59 Å². The molecule has 2 N–H and O–H groups in total. The molecule has 0 aliphatic rings. The van der Waals surface area contributed by atoms with Crippen molar-refractivity contribution in [2.24, 2.45) is 0 Å². The number of hydrogen-bond acceptors (Lipinski definition) is 4. The van der Waals surface area contributed by atoms with Crippen molar-refractivity contribution in [3.63, 3.8) is 0 Å². The Hall–Kier alpha value is -1.88. The fourth-order valence-electron chi connectivity index (χ4n) is 1.65. The van der Waals surface area contributed by atoms with Crippen LogP contribution in [0.5, 0.6) is 5.75 Å². The van der Waals surface area contributed by atoms with Crippen LogP contribution < -0.4 is 10.1 Å². The van der Waals surface area contributed by atoms with Gasteiger partial charge in [-0.15, -0.1) is 0 Å². The normalized spacial score (nSPS) is 10.2. The molecule has 5 nitrogen and oxygen atoms in total. The highest BCUT2D eigenvalue weighted by molar-refractivity contribution is 5.94. The van der Waals surface area contributed by atoms with E-state index < -0.39 is 5.97 Å². The Morgan fingerprint density at radius 2 is 2.11 bits per heavy atom. The van der Waals surface area contributed by atoms with Gasteiger partial charge in [-0.1, -0.05) is 0 Å². The molecule has 5 heteroatoms. The molecule has 0 radical (unpaired) electrons. The molecule has 1 aromatic rings. The summed E-state index contributed by atoms with van der Waals surface area (Å²) in [5, 5.41) is 11.6. The SMILES string of the molecule is CCOc1ccc(C(C)=O)cc1CNCCC(=O)O. The summed E-state index contributed by atoms with van der Waals surface area (Å²) in [4.78, 5) is 21.8. The first-order valence-corrected chi connectivity index (χ1v) is 6.23. The summed E-state index contributed by atoms with van der Waals surface area (Å²) >= 11 is 0. The van der Waals surface area contributed by atoms with Gasteiger partial charge in [-0.3, -0.25) is 9.59 Å². The molecule has 1 aromatic carbocycles. The van der Waals surface area contributed by atoms with Gasteiger partial charge in [-0.05, 0) is 32.0 Å². The second-order valence-electron chi connectivity index (χ2n) is 4.13. The van der Waals surface area contributed by atoms with E-state index in [1.54, 1.807) is 18.2 Å². The van der Waals surface area contributed by atoms with Crippen molar-refractivity contribution < 1.29 is 19.4 Å². The zero-order chi connectivity index (χ0) is 14.3. The zero-order valence-electron chi connectivity index (χ0n) is 11.2. The van der Waals surface area contributed by atoms with E-state index in [0.29, 0.717) is 25.3 Å². The summed E-state index contributed by atoms with van der Waals surface area (Å²) in [7, 11) is 0. The number of carbonyl (C=O) groups is 2. The van der Waals surface area contributed by atoms with Crippen molar-refractivity contribution in [3.8, 4) is 5.75 Å². The smallest absolute Gasteiger partial charge is 0.304 e. The summed E-state index contributed by atoms with van der Waals surface area (Å²) in [5.74, 6) is -0.125. The Morgan fingerprint density at radius 1 is 1.37 bits per heavy atom. The molecule has 104 valence electrons.